The lowest BCUT2D eigenvalue weighted by atomic mass is 10.0. The third kappa shape index (κ3) is 3.42. The molecule has 1 atom stereocenters. The van der Waals surface area contributed by atoms with Crippen molar-refractivity contribution in [3.05, 3.63) is 35.6 Å². The third-order valence-electron chi connectivity index (χ3n) is 5.13. The van der Waals surface area contributed by atoms with E-state index < -0.39 is 5.60 Å². The summed E-state index contributed by atoms with van der Waals surface area (Å²) in [7, 11) is 0. The number of aliphatic hydroxyl groups is 1. The smallest absolute Gasteiger partial charge is 0.253 e. The lowest BCUT2D eigenvalue weighted by molar-refractivity contribution is -0.0257. The van der Waals surface area contributed by atoms with Gasteiger partial charge in [-0.2, -0.15) is 0 Å². The number of furan rings is 1. The summed E-state index contributed by atoms with van der Waals surface area (Å²) in [6, 6.07) is 7.44. The van der Waals surface area contributed by atoms with E-state index in [4.69, 9.17) is 9.15 Å². The highest BCUT2D eigenvalue weighted by molar-refractivity contribution is 5.98. The molecule has 2 aromatic rings. The van der Waals surface area contributed by atoms with Gasteiger partial charge in [0.2, 0.25) is 0 Å². The second-order valence-corrected chi connectivity index (χ2v) is 7.20. The maximum atomic E-state index is 12.8. The van der Waals surface area contributed by atoms with E-state index in [0.717, 1.165) is 29.8 Å². The van der Waals surface area contributed by atoms with Crippen LogP contribution in [0, 0.1) is 6.92 Å². The number of benzene rings is 1. The number of hydrogen-bond donors (Lipinski definition) is 1. The van der Waals surface area contributed by atoms with Crippen LogP contribution < -0.4 is 0 Å². The fourth-order valence-corrected chi connectivity index (χ4v) is 3.83. The first-order valence-corrected chi connectivity index (χ1v) is 8.84. The molecule has 0 bridgehead atoms. The molecule has 1 N–H and O–H groups in total. The van der Waals surface area contributed by atoms with E-state index in [9.17, 15) is 9.90 Å². The summed E-state index contributed by atoms with van der Waals surface area (Å²) >= 11 is 0. The summed E-state index contributed by atoms with van der Waals surface area (Å²) in [4.78, 5) is 16.8. The van der Waals surface area contributed by atoms with Crippen LogP contribution in [0.25, 0.3) is 11.0 Å². The highest BCUT2D eigenvalue weighted by atomic mass is 16.5. The van der Waals surface area contributed by atoms with Gasteiger partial charge in [-0.25, -0.2) is 0 Å². The summed E-state index contributed by atoms with van der Waals surface area (Å²) < 4.78 is 10.9. The maximum absolute atomic E-state index is 12.8. The normalized spacial score (nSPS) is 25.0. The minimum atomic E-state index is -0.830. The van der Waals surface area contributed by atoms with Crippen LogP contribution in [0.5, 0.6) is 0 Å². The van der Waals surface area contributed by atoms with Crippen LogP contribution >= 0.6 is 0 Å². The average Bonchev–Trinajstić information content (AvgIpc) is 3.16. The van der Waals surface area contributed by atoms with E-state index in [1.54, 1.807) is 11.0 Å². The van der Waals surface area contributed by atoms with Crippen molar-refractivity contribution >= 4 is 16.9 Å². The molecular formula is C19H24N2O4. The van der Waals surface area contributed by atoms with Gasteiger partial charge in [0.1, 0.15) is 11.3 Å². The predicted molar refractivity (Wildman–Crippen MR) is 93.7 cm³/mol. The van der Waals surface area contributed by atoms with Gasteiger partial charge >= 0.3 is 0 Å². The highest BCUT2D eigenvalue weighted by Crippen LogP contribution is 2.26. The minimum absolute atomic E-state index is 0.0290. The Morgan fingerprint density at radius 3 is 2.84 bits per heavy atom. The predicted octanol–water partition coefficient (Wildman–Crippen LogP) is 1.65. The van der Waals surface area contributed by atoms with Gasteiger partial charge < -0.3 is 19.2 Å². The molecular weight excluding hydrogens is 320 g/mol. The summed E-state index contributed by atoms with van der Waals surface area (Å²) in [5.41, 5.74) is 0.604. The third-order valence-corrected chi connectivity index (χ3v) is 5.13. The molecule has 4 rings (SSSR count). The van der Waals surface area contributed by atoms with Gasteiger partial charge in [-0.05, 0) is 37.6 Å². The fourth-order valence-electron chi connectivity index (χ4n) is 3.83. The number of morpholine rings is 1. The maximum Gasteiger partial charge on any atom is 0.253 e. The molecule has 2 aliphatic rings. The number of aryl methyl sites for hydroxylation is 1. The Kier molecular flexibility index (Phi) is 4.27. The van der Waals surface area contributed by atoms with Crippen LogP contribution in [-0.2, 0) is 4.74 Å². The SMILES string of the molecule is Cc1cc2cc(C(=O)N3CC[C@](O)(CN4CCOCC4)C3)ccc2o1. The van der Waals surface area contributed by atoms with Crippen molar-refractivity contribution in [1.82, 2.24) is 9.80 Å². The van der Waals surface area contributed by atoms with E-state index in [1.165, 1.54) is 0 Å². The number of β-amino-alcohol motifs (C(OH)–C–C–N with tert-alkyl or cyclic N) is 1. The number of ether oxygens (including phenoxy) is 1. The number of hydrogen-bond acceptors (Lipinski definition) is 5. The molecule has 0 aliphatic carbocycles. The van der Waals surface area contributed by atoms with Crippen molar-refractivity contribution in [2.75, 3.05) is 45.9 Å². The van der Waals surface area contributed by atoms with Gasteiger partial charge in [0.25, 0.3) is 5.91 Å². The number of amides is 1. The summed E-state index contributed by atoms with van der Waals surface area (Å²) in [6.45, 7) is 6.56. The number of carbonyl (C=O) groups excluding carboxylic acids is 1. The molecule has 1 amide bonds. The molecule has 6 heteroatoms. The second-order valence-electron chi connectivity index (χ2n) is 7.20. The average molecular weight is 344 g/mol. The first-order valence-electron chi connectivity index (χ1n) is 8.84. The molecule has 0 spiro atoms. The summed E-state index contributed by atoms with van der Waals surface area (Å²) in [5, 5.41) is 11.8. The van der Waals surface area contributed by atoms with Crippen LogP contribution in [-0.4, -0.2) is 72.4 Å². The van der Waals surface area contributed by atoms with Crippen LogP contribution in [0.3, 0.4) is 0 Å². The number of fused-ring (bicyclic) bond motifs is 1. The molecule has 25 heavy (non-hydrogen) atoms. The minimum Gasteiger partial charge on any atom is -0.461 e. The Labute approximate surface area is 146 Å². The van der Waals surface area contributed by atoms with Crippen molar-refractivity contribution in [3.63, 3.8) is 0 Å². The Morgan fingerprint density at radius 2 is 2.04 bits per heavy atom. The van der Waals surface area contributed by atoms with E-state index in [1.807, 2.05) is 25.1 Å². The molecule has 2 aliphatic heterocycles. The zero-order chi connectivity index (χ0) is 17.4. The molecule has 3 heterocycles. The van der Waals surface area contributed by atoms with Crippen molar-refractivity contribution in [2.45, 2.75) is 18.9 Å². The number of likely N-dealkylation sites (tertiary alicyclic amines) is 1. The molecule has 6 nitrogen and oxygen atoms in total. The van der Waals surface area contributed by atoms with Crippen molar-refractivity contribution in [3.8, 4) is 0 Å². The van der Waals surface area contributed by atoms with Crippen molar-refractivity contribution < 1.29 is 19.1 Å². The van der Waals surface area contributed by atoms with Gasteiger partial charge in [-0.15, -0.1) is 0 Å². The first kappa shape index (κ1) is 16.6. The van der Waals surface area contributed by atoms with Crippen molar-refractivity contribution in [1.29, 1.82) is 0 Å². The van der Waals surface area contributed by atoms with Gasteiger partial charge in [-0.1, -0.05) is 0 Å². The Bertz CT molecular complexity index is 781. The van der Waals surface area contributed by atoms with Gasteiger partial charge in [0.05, 0.1) is 25.4 Å². The molecule has 0 radical (unpaired) electrons. The molecule has 0 saturated carbocycles. The summed E-state index contributed by atoms with van der Waals surface area (Å²) in [5.74, 6) is 0.805. The Morgan fingerprint density at radius 1 is 1.24 bits per heavy atom. The number of rotatable bonds is 3. The van der Waals surface area contributed by atoms with Crippen LogP contribution in [0.1, 0.15) is 22.5 Å². The Hall–Kier alpha value is -1.89. The molecule has 1 aromatic carbocycles. The molecule has 2 saturated heterocycles. The van der Waals surface area contributed by atoms with Gasteiger partial charge in [0, 0.05) is 37.1 Å². The van der Waals surface area contributed by atoms with Gasteiger partial charge in [-0.3, -0.25) is 9.69 Å². The van der Waals surface area contributed by atoms with Crippen molar-refractivity contribution in [2.24, 2.45) is 0 Å². The number of carbonyl (C=O) groups is 1. The largest absolute Gasteiger partial charge is 0.461 e. The molecule has 2 fully saturated rings. The zero-order valence-electron chi connectivity index (χ0n) is 14.5. The topological polar surface area (TPSA) is 66.2 Å². The highest BCUT2D eigenvalue weighted by Gasteiger charge is 2.39. The van der Waals surface area contributed by atoms with Crippen LogP contribution in [0.2, 0.25) is 0 Å². The first-order chi connectivity index (χ1) is 12.0. The fraction of sp³-hybridized carbons (Fsp3) is 0.526. The number of nitrogens with zero attached hydrogens (tertiary/aromatic N) is 2. The van der Waals surface area contributed by atoms with E-state index in [-0.39, 0.29) is 5.91 Å². The lowest BCUT2D eigenvalue weighted by Crippen LogP contribution is -2.49. The molecule has 134 valence electrons. The lowest BCUT2D eigenvalue weighted by Gasteiger charge is -2.33. The Balaban J connectivity index is 1.45. The van der Waals surface area contributed by atoms with E-state index in [2.05, 4.69) is 4.90 Å². The zero-order valence-corrected chi connectivity index (χ0v) is 14.5. The monoisotopic (exact) mass is 344 g/mol. The van der Waals surface area contributed by atoms with E-state index in [0.29, 0.717) is 44.8 Å². The standard InChI is InChI=1S/C19H24N2O4/c1-14-10-16-11-15(2-3-17(16)25-14)18(22)21-5-4-19(23,13-21)12-20-6-8-24-9-7-20/h2-3,10-11,23H,4-9,12-13H2,1H3/t19-/m0/s1. The second kappa shape index (κ2) is 6.44. The quantitative estimate of drug-likeness (QED) is 0.917. The van der Waals surface area contributed by atoms with Crippen LogP contribution in [0.4, 0.5) is 0 Å². The molecule has 1 aromatic heterocycles. The van der Waals surface area contributed by atoms with Gasteiger partial charge in [0.15, 0.2) is 0 Å². The molecule has 0 unspecified atom stereocenters. The van der Waals surface area contributed by atoms with Crippen LogP contribution in [0.15, 0.2) is 28.7 Å². The van der Waals surface area contributed by atoms with E-state index >= 15 is 0 Å². The summed E-state index contributed by atoms with van der Waals surface area (Å²) in [6.07, 6.45) is 0.614.